The van der Waals surface area contributed by atoms with Gasteiger partial charge in [-0.1, -0.05) is 13.0 Å². The Morgan fingerprint density at radius 2 is 1.95 bits per heavy atom. The van der Waals surface area contributed by atoms with Crippen molar-refractivity contribution in [1.29, 1.82) is 0 Å². The molecular formula is C12H21N3O4. The lowest BCUT2D eigenvalue weighted by Crippen LogP contribution is -2.43. The Balaban J connectivity index is 4.01. The minimum Gasteiger partial charge on any atom is -0.480 e. The summed E-state index contributed by atoms with van der Waals surface area (Å²) in [6.45, 7) is 5.91. The number of urea groups is 1. The molecule has 19 heavy (non-hydrogen) atoms. The maximum atomic E-state index is 11.6. The second-order valence-electron chi connectivity index (χ2n) is 3.89. The number of nitrogens with one attached hydrogen (secondary N) is 2. The minimum atomic E-state index is -1.10. The molecule has 0 aromatic heterocycles. The third-order valence-corrected chi connectivity index (χ3v) is 2.16. The number of aliphatic carboxylic acids is 1. The summed E-state index contributed by atoms with van der Waals surface area (Å²) in [7, 11) is 0. The number of carboxylic acid groups (broad SMARTS) is 1. The molecule has 0 unspecified atom stereocenters. The molecule has 3 amide bonds. The van der Waals surface area contributed by atoms with Gasteiger partial charge in [-0.3, -0.25) is 9.59 Å². The van der Waals surface area contributed by atoms with Crippen molar-refractivity contribution in [3.8, 4) is 0 Å². The average molecular weight is 271 g/mol. The molecule has 3 N–H and O–H groups in total. The first-order valence-corrected chi connectivity index (χ1v) is 6.13. The van der Waals surface area contributed by atoms with Crippen LogP contribution in [0.3, 0.4) is 0 Å². The molecule has 0 bridgehead atoms. The SMILES string of the molecule is C=CCN(CC(=O)O)C(=O)NCCC(=O)NCCC. The monoisotopic (exact) mass is 271 g/mol. The van der Waals surface area contributed by atoms with Crippen LogP contribution in [0, 0.1) is 0 Å². The van der Waals surface area contributed by atoms with Gasteiger partial charge in [-0.15, -0.1) is 6.58 Å². The van der Waals surface area contributed by atoms with E-state index in [4.69, 9.17) is 5.11 Å². The maximum absolute atomic E-state index is 11.6. The Bertz CT molecular complexity index is 331. The molecule has 0 radical (unpaired) electrons. The van der Waals surface area contributed by atoms with E-state index in [0.717, 1.165) is 11.3 Å². The van der Waals surface area contributed by atoms with Crippen molar-refractivity contribution in [1.82, 2.24) is 15.5 Å². The van der Waals surface area contributed by atoms with Crippen molar-refractivity contribution < 1.29 is 19.5 Å². The predicted octanol–water partition coefficient (Wildman–Crippen LogP) is 0.185. The molecular weight excluding hydrogens is 250 g/mol. The second-order valence-corrected chi connectivity index (χ2v) is 3.89. The molecule has 0 saturated heterocycles. The van der Waals surface area contributed by atoms with Gasteiger partial charge >= 0.3 is 12.0 Å². The van der Waals surface area contributed by atoms with E-state index < -0.39 is 18.5 Å². The number of hydrogen-bond acceptors (Lipinski definition) is 3. The number of carbonyl (C=O) groups is 3. The second kappa shape index (κ2) is 9.93. The zero-order valence-electron chi connectivity index (χ0n) is 11.1. The van der Waals surface area contributed by atoms with Crippen molar-refractivity contribution in [2.75, 3.05) is 26.2 Å². The Kier molecular flexibility index (Phi) is 8.86. The van der Waals surface area contributed by atoms with Crippen LogP contribution in [0.15, 0.2) is 12.7 Å². The van der Waals surface area contributed by atoms with E-state index >= 15 is 0 Å². The zero-order valence-corrected chi connectivity index (χ0v) is 11.1. The van der Waals surface area contributed by atoms with E-state index in [1.807, 2.05) is 6.92 Å². The van der Waals surface area contributed by atoms with Gasteiger partial charge in [-0.2, -0.15) is 0 Å². The summed E-state index contributed by atoms with van der Waals surface area (Å²) in [4.78, 5) is 34.6. The minimum absolute atomic E-state index is 0.139. The quantitative estimate of drug-likeness (QED) is 0.521. The largest absolute Gasteiger partial charge is 0.480 e. The summed E-state index contributed by atoms with van der Waals surface area (Å²) in [5.74, 6) is -1.24. The molecule has 0 fully saturated rings. The molecule has 0 aliphatic rings. The van der Waals surface area contributed by atoms with E-state index in [1.54, 1.807) is 0 Å². The molecule has 0 aromatic rings. The fourth-order valence-corrected chi connectivity index (χ4v) is 1.29. The highest BCUT2D eigenvalue weighted by molar-refractivity contribution is 5.81. The first-order valence-electron chi connectivity index (χ1n) is 6.13. The van der Waals surface area contributed by atoms with Crippen molar-refractivity contribution in [2.45, 2.75) is 19.8 Å². The van der Waals surface area contributed by atoms with Gasteiger partial charge in [0, 0.05) is 26.1 Å². The summed E-state index contributed by atoms with van der Waals surface area (Å²) in [6, 6.07) is -0.523. The third-order valence-electron chi connectivity index (χ3n) is 2.16. The van der Waals surface area contributed by atoms with Gasteiger partial charge < -0.3 is 20.6 Å². The average Bonchev–Trinajstić information content (AvgIpc) is 2.35. The number of carboxylic acids is 1. The molecule has 0 heterocycles. The number of rotatable bonds is 9. The molecule has 108 valence electrons. The predicted molar refractivity (Wildman–Crippen MR) is 70.7 cm³/mol. The van der Waals surface area contributed by atoms with Gasteiger partial charge in [-0.05, 0) is 6.42 Å². The van der Waals surface area contributed by atoms with Gasteiger partial charge in [0.15, 0.2) is 0 Å². The van der Waals surface area contributed by atoms with Crippen molar-refractivity contribution in [3.63, 3.8) is 0 Å². The standard InChI is InChI=1S/C12H21N3O4/c1-3-6-13-10(16)5-7-14-12(19)15(8-4-2)9-11(17)18/h4H,2-3,5-9H2,1H3,(H,13,16)(H,14,19)(H,17,18). The van der Waals surface area contributed by atoms with E-state index in [9.17, 15) is 14.4 Å². The molecule has 0 aliphatic heterocycles. The van der Waals surface area contributed by atoms with Crippen LogP contribution in [0.25, 0.3) is 0 Å². The van der Waals surface area contributed by atoms with Crippen LogP contribution < -0.4 is 10.6 Å². The first kappa shape index (κ1) is 16.9. The van der Waals surface area contributed by atoms with Gasteiger partial charge in [0.1, 0.15) is 6.54 Å². The highest BCUT2D eigenvalue weighted by Gasteiger charge is 2.14. The van der Waals surface area contributed by atoms with E-state index in [1.165, 1.54) is 6.08 Å². The van der Waals surface area contributed by atoms with Crippen LogP contribution in [-0.2, 0) is 9.59 Å². The lowest BCUT2D eigenvalue weighted by atomic mass is 10.3. The molecule has 7 heteroatoms. The number of carbonyl (C=O) groups excluding carboxylic acids is 2. The molecule has 0 aromatic carbocycles. The normalized spacial score (nSPS) is 9.53. The van der Waals surface area contributed by atoms with Crippen LogP contribution in [0.5, 0.6) is 0 Å². The zero-order chi connectivity index (χ0) is 14.7. The first-order chi connectivity index (χ1) is 9.01. The molecule has 0 rings (SSSR count). The van der Waals surface area contributed by atoms with Crippen LogP contribution in [0.2, 0.25) is 0 Å². The highest BCUT2D eigenvalue weighted by Crippen LogP contribution is 1.91. The summed E-state index contributed by atoms with van der Waals surface area (Å²) < 4.78 is 0. The van der Waals surface area contributed by atoms with Gasteiger partial charge in [0.2, 0.25) is 5.91 Å². The van der Waals surface area contributed by atoms with Crippen LogP contribution in [0.1, 0.15) is 19.8 Å². The Morgan fingerprint density at radius 1 is 1.26 bits per heavy atom. The van der Waals surface area contributed by atoms with Crippen molar-refractivity contribution >= 4 is 17.9 Å². The molecule has 7 nitrogen and oxygen atoms in total. The third kappa shape index (κ3) is 8.64. The smallest absolute Gasteiger partial charge is 0.323 e. The van der Waals surface area contributed by atoms with Gasteiger partial charge in [0.25, 0.3) is 0 Å². The number of hydrogen-bond donors (Lipinski definition) is 3. The summed E-state index contributed by atoms with van der Waals surface area (Å²) in [6.07, 6.45) is 2.46. The molecule has 0 aliphatic carbocycles. The van der Waals surface area contributed by atoms with Crippen LogP contribution in [0.4, 0.5) is 4.79 Å². The molecule has 0 atom stereocenters. The lowest BCUT2D eigenvalue weighted by molar-refractivity contribution is -0.137. The van der Waals surface area contributed by atoms with E-state index in [-0.39, 0.29) is 25.4 Å². The van der Waals surface area contributed by atoms with E-state index in [0.29, 0.717) is 6.54 Å². The number of nitrogens with zero attached hydrogens (tertiary/aromatic N) is 1. The van der Waals surface area contributed by atoms with Crippen LogP contribution in [-0.4, -0.2) is 54.1 Å². The lowest BCUT2D eigenvalue weighted by Gasteiger charge is -2.19. The Labute approximate surface area is 112 Å². The molecule has 0 saturated carbocycles. The van der Waals surface area contributed by atoms with E-state index in [2.05, 4.69) is 17.2 Å². The topological polar surface area (TPSA) is 98.7 Å². The summed E-state index contributed by atoms with van der Waals surface area (Å²) in [5, 5.41) is 13.8. The highest BCUT2D eigenvalue weighted by atomic mass is 16.4. The maximum Gasteiger partial charge on any atom is 0.323 e. The van der Waals surface area contributed by atoms with Crippen molar-refractivity contribution in [3.05, 3.63) is 12.7 Å². The fraction of sp³-hybridized carbons (Fsp3) is 0.583. The molecule has 0 spiro atoms. The van der Waals surface area contributed by atoms with Gasteiger partial charge in [0.05, 0.1) is 0 Å². The Morgan fingerprint density at radius 3 is 2.47 bits per heavy atom. The summed E-state index contributed by atoms with van der Waals surface area (Å²) in [5.41, 5.74) is 0. The van der Waals surface area contributed by atoms with Crippen molar-refractivity contribution in [2.24, 2.45) is 0 Å². The van der Waals surface area contributed by atoms with Gasteiger partial charge in [-0.25, -0.2) is 4.79 Å². The Hall–Kier alpha value is -2.05. The fourth-order valence-electron chi connectivity index (χ4n) is 1.29. The van der Waals surface area contributed by atoms with Crippen LogP contribution >= 0.6 is 0 Å². The number of amides is 3. The summed E-state index contributed by atoms with van der Waals surface area (Å²) >= 11 is 0.